The summed E-state index contributed by atoms with van der Waals surface area (Å²) in [4.78, 5) is 0. The van der Waals surface area contributed by atoms with Crippen molar-refractivity contribution in [2.45, 2.75) is 19.4 Å². The van der Waals surface area contributed by atoms with Crippen LogP contribution in [-0.2, 0) is 6.42 Å². The Balaban J connectivity index is 2.08. The molecular formula is C16H14BrFN2. The molecule has 2 aromatic rings. The molecule has 0 bridgehead atoms. The molecule has 0 radical (unpaired) electrons. The monoisotopic (exact) mass is 332 g/mol. The third-order valence-corrected chi connectivity index (χ3v) is 3.45. The minimum absolute atomic E-state index is 0.141. The van der Waals surface area contributed by atoms with Crippen molar-refractivity contribution in [3.05, 3.63) is 63.9 Å². The van der Waals surface area contributed by atoms with Crippen molar-refractivity contribution in [2.75, 3.05) is 5.32 Å². The van der Waals surface area contributed by atoms with Crippen LogP contribution in [0.4, 0.5) is 10.1 Å². The second kappa shape index (κ2) is 6.53. The zero-order valence-electron chi connectivity index (χ0n) is 11.0. The predicted molar refractivity (Wildman–Crippen MR) is 82.0 cm³/mol. The maximum absolute atomic E-state index is 12.9. The van der Waals surface area contributed by atoms with Crippen molar-refractivity contribution < 1.29 is 4.39 Å². The van der Waals surface area contributed by atoms with Crippen LogP contribution in [-0.4, -0.2) is 6.04 Å². The molecule has 0 aliphatic rings. The van der Waals surface area contributed by atoms with Gasteiger partial charge in [0.2, 0.25) is 0 Å². The van der Waals surface area contributed by atoms with Crippen LogP contribution < -0.4 is 5.32 Å². The highest BCUT2D eigenvalue weighted by Gasteiger charge is 2.08. The van der Waals surface area contributed by atoms with Gasteiger partial charge in [-0.3, -0.25) is 0 Å². The highest BCUT2D eigenvalue weighted by molar-refractivity contribution is 9.10. The van der Waals surface area contributed by atoms with Crippen molar-refractivity contribution in [3.63, 3.8) is 0 Å². The number of hydrogen-bond acceptors (Lipinski definition) is 2. The third-order valence-electron chi connectivity index (χ3n) is 2.96. The van der Waals surface area contributed by atoms with Gasteiger partial charge in [-0.2, -0.15) is 5.26 Å². The molecule has 1 unspecified atom stereocenters. The summed E-state index contributed by atoms with van der Waals surface area (Å²) in [6, 6.07) is 14.3. The second-order valence-electron chi connectivity index (χ2n) is 4.68. The Hall–Kier alpha value is -1.86. The van der Waals surface area contributed by atoms with Gasteiger partial charge in [0.1, 0.15) is 11.9 Å². The minimum Gasteiger partial charge on any atom is -0.381 e. The number of nitrogens with zero attached hydrogens (tertiary/aromatic N) is 1. The molecule has 0 heterocycles. The molecule has 0 saturated carbocycles. The van der Waals surface area contributed by atoms with E-state index in [0.717, 1.165) is 22.1 Å². The van der Waals surface area contributed by atoms with E-state index in [2.05, 4.69) is 27.3 Å². The Bertz CT molecular complexity index is 632. The number of halogens is 2. The fraction of sp³-hybridized carbons (Fsp3) is 0.188. The second-order valence-corrected chi connectivity index (χ2v) is 5.59. The van der Waals surface area contributed by atoms with E-state index in [-0.39, 0.29) is 11.9 Å². The lowest BCUT2D eigenvalue weighted by atomic mass is 10.1. The summed E-state index contributed by atoms with van der Waals surface area (Å²) in [6.07, 6.45) is 0.762. The average Bonchev–Trinajstić information content (AvgIpc) is 2.41. The van der Waals surface area contributed by atoms with Crippen LogP contribution in [0.1, 0.15) is 18.1 Å². The van der Waals surface area contributed by atoms with Gasteiger partial charge in [0.15, 0.2) is 0 Å². The van der Waals surface area contributed by atoms with E-state index in [1.165, 1.54) is 12.1 Å². The summed E-state index contributed by atoms with van der Waals surface area (Å²) < 4.78 is 13.8. The van der Waals surface area contributed by atoms with Gasteiger partial charge in [0, 0.05) is 10.5 Å². The van der Waals surface area contributed by atoms with Crippen molar-refractivity contribution in [2.24, 2.45) is 0 Å². The number of hydrogen-bond donors (Lipinski definition) is 1. The number of nitriles is 1. The van der Waals surface area contributed by atoms with Gasteiger partial charge in [0.05, 0.1) is 11.3 Å². The van der Waals surface area contributed by atoms with E-state index in [1.807, 2.05) is 19.1 Å². The first-order valence-electron chi connectivity index (χ1n) is 6.29. The Kier molecular flexibility index (Phi) is 4.75. The molecule has 20 heavy (non-hydrogen) atoms. The van der Waals surface area contributed by atoms with Gasteiger partial charge in [-0.05, 0) is 49.2 Å². The van der Waals surface area contributed by atoms with Gasteiger partial charge < -0.3 is 5.32 Å². The summed E-state index contributed by atoms with van der Waals surface area (Å²) in [5.74, 6) is -0.229. The van der Waals surface area contributed by atoms with Crippen molar-refractivity contribution in [3.8, 4) is 6.07 Å². The van der Waals surface area contributed by atoms with Crippen LogP contribution in [0.3, 0.4) is 0 Å². The molecular weight excluding hydrogens is 319 g/mol. The van der Waals surface area contributed by atoms with E-state index in [4.69, 9.17) is 5.26 Å². The fourth-order valence-electron chi connectivity index (χ4n) is 2.02. The molecule has 0 aromatic heterocycles. The molecule has 2 rings (SSSR count). The molecule has 0 fully saturated rings. The number of nitrogens with one attached hydrogen (secondary N) is 1. The molecule has 1 atom stereocenters. The Labute approximate surface area is 126 Å². The van der Waals surface area contributed by atoms with Crippen molar-refractivity contribution in [1.29, 1.82) is 5.26 Å². The molecule has 0 aliphatic heterocycles. The van der Waals surface area contributed by atoms with Crippen LogP contribution in [0.15, 0.2) is 46.9 Å². The lowest BCUT2D eigenvalue weighted by molar-refractivity contribution is 0.626. The first-order valence-corrected chi connectivity index (χ1v) is 7.08. The standard InChI is InChI=1S/C16H14BrFN2/c1-11(8-12-2-6-15(18)7-3-12)20-16-9-14(17)5-4-13(16)10-19/h2-7,9,11,20H,8H2,1H3. The molecule has 2 aromatic carbocycles. The highest BCUT2D eigenvalue weighted by atomic mass is 79.9. The van der Waals surface area contributed by atoms with Gasteiger partial charge >= 0.3 is 0 Å². The predicted octanol–water partition coefficient (Wildman–Crippen LogP) is 4.50. The molecule has 0 spiro atoms. The Morgan fingerprint density at radius 3 is 2.60 bits per heavy atom. The molecule has 1 N–H and O–H groups in total. The average molecular weight is 333 g/mol. The summed E-state index contributed by atoms with van der Waals surface area (Å²) in [5, 5.41) is 12.4. The largest absolute Gasteiger partial charge is 0.381 e. The zero-order chi connectivity index (χ0) is 14.5. The van der Waals surface area contributed by atoms with Crippen LogP contribution in [0.5, 0.6) is 0 Å². The lowest BCUT2D eigenvalue weighted by Gasteiger charge is -2.16. The van der Waals surface area contributed by atoms with E-state index in [0.29, 0.717) is 5.56 Å². The lowest BCUT2D eigenvalue weighted by Crippen LogP contribution is -2.18. The third kappa shape index (κ3) is 3.82. The molecule has 0 saturated heterocycles. The van der Waals surface area contributed by atoms with Gasteiger partial charge in [-0.25, -0.2) is 4.39 Å². The topological polar surface area (TPSA) is 35.8 Å². The minimum atomic E-state index is -0.229. The SMILES string of the molecule is CC(Cc1ccc(F)cc1)Nc1cc(Br)ccc1C#N. The maximum atomic E-state index is 12.9. The normalized spacial score (nSPS) is 11.7. The Morgan fingerprint density at radius 1 is 1.25 bits per heavy atom. The molecule has 0 aliphatic carbocycles. The van der Waals surface area contributed by atoms with E-state index < -0.39 is 0 Å². The van der Waals surface area contributed by atoms with E-state index >= 15 is 0 Å². The van der Waals surface area contributed by atoms with Crippen LogP contribution in [0, 0.1) is 17.1 Å². The zero-order valence-corrected chi connectivity index (χ0v) is 12.6. The summed E-state index contributed by atoms with van der Waals surface area (Å²) >= 11 is 3.40. The molecule has 2 nitrogen and oxygen atoms in total. The number of benzene rings is 2. The van der Waals surface area contributed by atoms with E-state index in [1.54, 1.807) is 18.2 Å². The molecule has 4 heteroatoms. The van der Waals surface area contributed by atoms with Crippen LogP contribution in [0.2, 0.25) is 0 Å². The van der Waals surface area contributed by atoms with Gasteiger partial charge in [-0.1, -0.05) is 28.1 Å². The summed E-state index contributed by atoms with van der Waals surface area (Å²) in [6.45, 7) is 2.03. The Morgan fingerprint density at radius 2 is 1.95 bits per heavy atom. The van der Waals surface area contributed by atoms with Crippen LogP contribution in [0.25, 0.3) is 0 Å². The first kappa shape index (κ1) is 14.5. The van der Waals surface area contributed by atoms with Crippen LogP contribution >= 0.6 is 15.9 Å². The number of rotatable bonds is 4. The van der Waals surface area contributed by atoms with Crippen molar-refractivity contribution >= 4 is 21.6 Å². The maximum Gasteiger partial charge on any atom is 0.123 e. The number of anilines is 1. The highest BCUT2D eigenvalue weighted by Crippen LogP contribution is 2.22. The summed E-state index contributed by atoms with van der Waals surface area (Å²) in [7, 11) is 0. The quantitative estimate of drug-likeness (QED) is 0.894. The first-order chi connectivity index (χ1) is 9.58. The van der Waals surface area contributed by atoms with Crippen molar-refractivity contribution in [1.82, 2.24) is 0 Å². The molecule has 102 valence electrons. The molecule has 0 amide bonds. The van der Waals surface area contributed by atoms with E-state index in [9.17, 15) is 4.39 Å². The smallest absolute Gasteiger partial charge is 0.123 e. The van der Waals surface area contributed by atoms with Gasteiger partial charge in [0.25, 0.3) is 0 Å². The van der Waals surface area contributed by atoms with Gasteiger partial charge in [-0.15, -0.1) is 0 Å². The fourth-order valence-corrected chi connectivity index (χ4v) is 2.39. The summed E-state index contributed by atoms with van der Waals surface area (Å²) in [5.41, 5.74) is 2.47.